The Hall–Kier alpha value is -2.44. The third-order valence-electron chi connectivity index (χ3n) is 4.15. The Morgan fingerprint density at radius 1 is 1.22 bits per heavy atom. The molecule has 23 heavy (non-hydrogen) atoms. The lowest BCUT2D eigenvalue weighted by atomic mass is 9.98. The molecule has 0 aliphatic carbocycles. The number of hydrogen-bond acceptors (Lipinski definition) is 6. The molecule has 0 bridgehead atoms. The van der Waals surface area contributed by atoms with Crippen LogP contribution in [0.3, 0.4) is 0 Å². The Bertz CT molecular complexity index is 722. The van der Waals surface area contributed by atoms with Crippen molar-refractivity contribution in [3.8, 4) is 5.88 Å². The molecule has 3 rings (SSSR count). The minimum absolute atomic E-state index is 0.0282. The van der Waals surface area contributed by atoms with Gasteiger partial charge in [0.25, 0.3) is 5.56 Å². The predicted molar refractivity (Wildman–Crippen MR) is 86.7 cm³/mol. The normalized spacial score (nSPS) is 15.7. The van der Waals surface area contributed by atoms with E-state index in [4.69, 9.17) is 4.74 Å². The Morgan fingerprint density at radius 2 is 2.00 bits per heavy atom. The maximum absolute atomic E-state index is 11.7. The summed E-state index contributed by atoms with van der Waals surface area (Å²) in [4.78, 5) is 26.4. The first-order valence-electron chi connectivity index (χ1n) is 7.81. The van der Waals surface area contributed by atoms with E-state index in [1.54, 1.807) is 19.4 Å². The third kappa shape index (κ3) is 3.85. The van der Waals surface area contributed by atoms with Crippen LogP contribution in [0.2, 0.25) is 0 Å². The molecule has 1 saturated heterocycles. The molecule has 1 aliphatic heterocycles. The smallest absolute Gasteiger partial charge is 0.255 e. The molecule has 7 heteroatoms. The molecule has 0 radical (unpaired) electrons. The summed E-state index contributed by atoms with van der Waals surface area (Å²) in [5.41, 5.74) is 0.876. The van der Waals surface area contributed by atoms with E-state index >= 15 is 0 Å². The molecule has 0 unspecified atom stereocenters. The Labute approximate surface area is 135 Å². The van der Waals surface area contributed by atoms with E-state index in [-0.39, 0.29) is 5.56 Å². The van der Waals surface area contributed by atoms with E-state index in [1.807, 2.05) is 13.0 Å². The first kappa shape index (κ1) is 15.5. The van der Waals surface area contributed by atoms with Crippen molar-refractivity contribution in [2.24, 2.45) is 13.0 Å². The maximum atomic E-state index is 11.7. The van der Waals surface area contributed by atoms with Gasteiger partial charge < -0.3 is 14.2 Å². The second-order valence-electron chi connectivity index (χ2n) is 5.94. The number of hydrogen-bond donors (Lipinski definition) is 0. The average molecular weight is 315 g/mol. The molecule has 0 aromatic carbocycles. The first-order valence-corrected chi connectivity index (χ1v) is 7.81. The van der Waals surface area contributed by atoms with Crippen LogP contribution < -0.4 is 15.2 Å². The van der Waals surface area contributed by atoms with E-state index in [2.05, 4.69) is 19.9 Å². The highest BCUT2D eigenvalue weighted by molar-refractivity contribution is 5.37. The van der Waals surface area contributed by atoms with Crippen LogP contribution >= 0.6 is 0 Å². The summed E-state index contributed by atoms with van der Waals surface area (Å²) >= 11 is 0. The molecule has 0 saturated carbocycles. The Morgan fingerprint density at radius 3 is 2.70 bits per heavy atom. The van der Waals surface area contributed by atoms with Crippen molar-refractivity contribution < 1.29 is 4.74 Å². The zero-order chi connectivity index (χ0) is 16.2. The van der Waals surface area contributed by atoms with Gasteiger partial charge in [-0.1, -0.05) is 0 Å². The monoisotopic (exact) mass is 315 g/mol. The molecule has 2 aromatic rings. The topological polar surface area (TPSA) is 73.1 Å². The molecular weight excluding hydrogens is 294 g/mol. The second-order valence-corrected chi connectivity index (χ2v) is 5.94. The SMILES string of the molecule is Cc1cc(OCC2CCN(c3cc(=O)n(C)cn3)CC2)ncn1. The van der Waals surface area contributed by atoms with Crippen LogP contribution in [0, 0.1) is 12.8 Å². The molecule has 2 aromatic heterocycles. The number of anilines is 1. The van der Waals surface area contributed by atoms with E-state index < -0.39 is 0 Å². The third-order valence-corrected chi connectivity index (χ3v) is 4.15. The van der Waals surface area contributed by atoms with Gasteiger partial charge in [-0.05, 0) is 25.7 Å². The number of nitrogens with zero attached hydrogens (tertiary/aromatic N) is 5. The largest absolute Gasteiger partial charge is 0.477 e. The lowest BCUT2D eigenvalue weighted by Crippen LogP contribution is -2.37. The van der Waals surface area contributed by atoms with Gasteiger partial charge in [-0.15, -0.1) is 0 Å². The minimum atomic E-state index is -0.0282. The van der Waals surface area contributed by atoms with Gasteiger partial charge in [0.15, 0.2) is 0 Å². The number of ether oxygens (including phenoxy) is 1. The standard InChI is InChI=1S/C16H21N5O2/c1-12-7-15(18-10-17-12)23-9-13-3-5-21(6-4-13)14-8-16(22)20(2)11-19-14/h7-8,10-11,13H,3-6,9H2,1-2H3. The van der Waals surface area contributed by atoms with Crippen LogP contribution in [0.5, 0.6) is 5.88 Å². The fourth-order valence-electron chi connectivity index (χ4n) is 2.67. The molecule has 122 valence electrons. The Kier molecular flexibility index (Phi) is 4.55. The Balaban J connectivity index is 1.52. The lowest BCUT2D eigenvalue weighted by Gasteiger charge is -2.32. The summed E-state index contributed by atoms with van der Waals surface area (Å²) < 4.78 is 7.24. The van der Waals surface area contributed by atoms with Crippen LogP contribution in [-0.2, 0) is 7.05 Å². The summed E-state index contributed by atoms with van der Waals surface area (Å²) in [5, 5.41) is 0. The van der Waals surface area contributed by atoms with Gasteiger partial charge in [0, 0.05) is 38.0 Å². The fourth-order valence-corrected chi connectivity index (χ4v) is 2.67. The zero-order valence-corrected chi connectivity index (χ0v) is 13.5. The van der Waals surface area contributed by atoms with Gasteiger partial charge in [0.1, 0.15) is 12.1 Å². The van der Waals surface area contributed by atoms with Crippen molar-refractivity contribution in [1.82, 2.24) is 19.5 Å². The number of rotatable bonds is 4. The highest BCUT2D eigenvalue weighted by atomic mass is 16.5. The van der Waals surface area contributed by atoms with Gasteiger partial charge in [-0.2, -0.15) is 0 Å². The fraction of sp³-hybridized carbons (Fsp3) is 0.500. The summed E-state index contributed by atoms with van der Waals surface area (Å²) in [5.74, 6) is 1.89. The molecule has 0 atom stereocenters. The van der Waals surface area contributed by atoms with Gasteiger partial charge in [-0.25, -0.2) is 15.0 Å². The number of aromatic nitrogens is 4. The number of aryl methyl sites for hydroxylation is 2. The van der Waals surface area contributed by atoms with E-state index in [0.717, 1.165) is 37.4 Å². The highest BCUT2D eigenvalue weighted by Crippen LogP contribution is 2.21. The number of piperidine rings is 1. The summed E-state index contributed by atoms with van der Waals surface area (Å²) in [7, 11) is 1.71. The van der Waals surface area contributed by atoms with E-state index in [9.17, 15) is 4.79 Å². The van der Waals surface area contributed by atoms with Crippen molar-refractivity contribution in [1.29, 1.82) is 0 Å². The van der Waals surface area contributed by atoms with Gasteiger partial charge in [-0.3, -0.25) is 4.79 Å². The van der Waals surface area contributed by atoms with Crippen LogP contribution in [0.1, 0.15) is 18.5 Å². The molecule has 0 amide bonds. The maximum Gasteiger partial charge on any atom is 0.255 e. The average Bonchev–Trinajstić information content (AvgIpc) is 2.56. The summed E-state index contributed by atoms with van der Waals surface area (Å²) in [6, 6.07) is 3.44. The predicted octanol–water partition coefficient (Wildman–Crippen LogP) is 1.17. The summed E-state index contributed by atoms with van der Waals surface area (Å²) in [6.07, 6.45) is 5.13. The molecule has 0 spiro atoms. The van der Waals surface area contributed by atoms with Crippen molar-refractivity contribution in [2.45, 2.75) is 19.8 Å². The van der Waals surface area contributed by atoms with Crippen molar-refractivity contribution in [2.75, 3.05) is 24.6 Å². The second kappa shape index (κ2) is 6.76. The first-order chi connectivity index (χ1) is 11.1. The lowest BCUT2D eigenvalue weighted by molar-refractivity contribution is 0.215. The van der Waals surface area contributed by atoms with Gasteiger partial charge >= 0.3 is 0 Å². The van der Waals surface area contributed by atoms with Crippen LogP contribution in [0.4, 0.5) is 5.82 Å². The molecule has 1 aliphatic rings. The molecular formula is C16H21N5O2. The van der Waals surface area contributed by atoms with Crippen molar-refractivity contribution >= 4 is 5.82 Å². The minimum Gasteiger partial charge on any atom is -0.477 e. The quantitative estimate of drug-likeness (QED) is 0.843. The van der Waals surface area contributed by atoms with Crippen molar-refractivity contribution in [3.63, 3.8) is 0 Å². The molecule has 0 N–H and O–H groups in total. The van der Waals surface area contributed by atoms with Crippen LogP contribution in [0.15, 0.2) is 29.6 Å². The van der Waals surface area contributed by atoms with Crippen LogP contribution in [0.25, 0.3) is 0 Å². The van der Waals surface area contributed by atoms with Crippen molar-refractivity contribution in [3.05, 3.63) is 40.8 Å². The van der Waals surface area contributed by atoms with E-state index in [1.165, 1.54) is 10.9 Å². The van der Waals surface area contributed by atoms with Crippen LogP contribution in [-0.4, -0.2) is 39.2 Å². The van der Waals surface area contributed by atoms with Gasteiger partial charge in [0.2, 0.25) is 5.88 Å². The molecule has 7 nitrogen and oxygen atoms in total. The van der Waals surface area contributed by atoms with E-state index in [0.29, 0.717) is 18.4 Å². The van der Waals surface area contributed by atoms with Gasteiger partial charge in [0.05, 0.1) is 12.9 Å². The molecule has 3 heterocycles. The zero-order valence-electron chi connectivity index (χ0n) is 13.5. The highest BCUT2D eigenvalue weighted by Gasteiger charge is 2.21. The molecule has 1 fully saturated rings. The summed E-state index contributed by atoms with van der Waals surface area (Å²) in [6.45, 7) is 4.35.